The van der Waals surface area contributed by atoms with Crippen LogP contribution >= 0.6 is 11.6 Å². The standard InChI is InChI=1S/C12H15ClN2O2/c1-7(12(16)15-11-6-10(11)14)17-9-4-2-3-8(13)5-9/h2-5,7,10-11H,6,14H2,1H3,(H,15,16). The molecule has 1 aliphatic rings. The summed E-state index contributed by atoms with van der Waals surface area (Å²) in [6, 6.07) is 7.17. The summed E-state index contributed by atoms with van der Waals surface area (Å²) >= 11 is 5.82. The Bertz CT molecular complexity index is 425. The molecule has 0 saturated heterocycles. The average Bonchev–Trinajstić information content (AvgIpc) is 2.94. The van der Waals surface area contributed by atoms with Crippen molar-refractivity contribution in [2.45, 2.75) is 31.5 Å². The van der Waals surface area contributed by atoms with Gasteiger partial charge in [-0.15, -0.1) is 0 Å². The van der Waals surface area contributed by atoms with E-state index in [0.29, 0.717) is 10.8 Å². The third-order valence-corrected chi connectivity index (χ3v) is 2.88. The van der Waals surface area contributed by atoms with Crippen LogP contribution in [0.3, 0.4) is 0 Å². The fraction of sp³-hybridized carbons (Fsp3) is 0.417. The summed E-state index contributed by atoms with van der Waals surface area (Å²) in [6.07, 6.45) is 0.288. The summed E-state index contributed by atoms with van der Waals surface area (Å²) in [6.45, 7) is 1.70. The minimum absolute atomic E-state index is 0.0947. The lowest BCUT2D eigenvalue weighted by molar-refractivity contribution is -0.127. The lowest BCUT2D eigenvalue weighted by Crippen LogP contribution is -2.39. The van der Waals surface area contributed by atoms with Gasteiger partial charge < -0.3 is 15.8 Å². The largest absolute Gasteiger partial charge is 0.481 e. The zero-order chi connectivity index (χ0) is 12.4. The number of hydrogen-bond donors (Lipinski definition) is 2. The van der Waals surface area contributed by atoms with Crippen molar-refractivity contribution in [3.05, 3.63) is 29.3 Å². The molecule has 17 heavy (non-hydrogen) atoms. The van der Waals surface area contributed by atoms with Crippen LogP contribution in [-0.2, 0) is 4.79 Å². The monoisotopic (exact) mass is 254 g/mol. The molecule has 0 bridgehead atoms. The van der Waals surface area contributed by atoms with Crippen LogP contribution in [0.25, 0.3) is 0 Å². The summed E-state index contributed by atoms with van der Waals surface area (Å²) in [4.78, 5) is 11.7. The van der Waals surface area contributed by atoms with Crippen LogP contribution in [0.15, 0.2) is 24.3 Å². The van der Waals surface area contributed by atoms with Gasteiger partial charge in [-0.25, -0.2) is 0 Å². The molecule has 1 aromatic carbocycles. The molecule has 2 rings (SSSR count). The molecule has 0 heterocycles. The predicted octanol–water partition coefficient (Wildman–Crippen LogP) is 1.32. The molecular formula is C12H15ClN2O2. The third kappa shape index (κ3) is 3.35. The van der Waals surface area contributed by atoms with Gasteiger partial charge in [-0.2, -0.15) is 0 Å². The summed E-state index contributed by atoms with van der Waals surface area (Å²) in [7, 11) is 0. The van der Waals surface area contributed by atoms with Crippen LogP contribution < -0.4 is 15.8 Å². The van der Waals surface area contributed by atoms with Crippen molar-refractivity contribution < 1.29 is 9.53 Å². The topological polar surface area (TPSA) is 64.3 Å². The van der Waals surface area contributed by atoms with Gasteiger partial charge >= 0.3 is 0 Å². The van der Waals surface area contributed by atoms with E-state index < -0.39 is 6.10 Å². The SMILES string of the molecule is CC(Oc1cccc(Cl)c1)C(=O)NC1CC1N. The van der Waals surface area contributed by atoms with Crippen LogP contribution in [0.4, 0.5) is 0 Å². The number of nitrogens with one attached hydrogen (secondary N) is 1. The second kappa shape index (κ2) is 4.94. The lowest BCUT2D eigenvalue weighted by atomic mass is 10.3. The van der Waals surface area contributed by atoms with Crippen LogP contribution in [0.5, 0.6) is 5.75 Å². The molecule has 1 fully saturated rings. The Balaban J connectivity index is 1.87. The number of amides is 1. The molecule has 0 spiro atoms. The summed E-state index contributed by atoms with van der Waals surface area (Å²) in [5.41, 5.74) is 5.61. The molecule has 0 aromatic heterocycles. The molecule has 1 amide bonds. The van der Waals surface area contributed by atoms with Crippen molar-refractivity contribution in [3.63, 3.8) is 0 Å². The molecular weight excluding hydrogens is 240 g/mol. The van der Waals surface area contributed by atoms with E-state index in [1.54, 1.807) is 31.2 Å². The first kappa shape index (κ1) is 12.2. The van der Waals surface area contributed by atoms with Crippen LogP contribution in [0.2, 0.25) is 5.02 Å². The second-order valence-corrected chi connectivity index (χ2v) is 4.67. The number of ether oxygens (including phenoxy) is 1. The van der Waals surface area contributed by atoms with Gasteiger partial charge in [-0.05, 0) is 31.5 Å². The minimum Gasteiger partial charge on any atom is -0.481 e. The van der Waals surface area contributed by atoms with E-state index >= 15 is 0 Å². The Kier molecular flexibility index (Phi) is 3.54. The molecule has 5 heteroatoms. The first-order valence-electron chi connectivity index (χ1n) is 5.54. The fourth-order valence-electron chi connectivity index (χ4n) is 1.48. The van der Waals surface area contributed by atoms with E-state index in [2.05, 4.69) is 5.32 Å². The number of carbonyl (C=O) groups excluding carboxylic acids is 1. The van der Waals surface area contributed by atoms with Crippen molar-refractivity contribution in [2.75, 3.05) is 0 Å². The van der Waals surface area contributed by atoms with Gasteiger partial charge in [0.1, 0.15) is 5.75 Å². The first-order valence-corrected chi connectivity index (χ1v) is 5.92. The fourth-order valence-corrected chi connectivity index (χ4v) is 1.66. The van der Waals surface area contributed by atoms with Gasteiger partial charge in [0.15, 0.2) is 6.10 Å². The Labute approximate surface area is 105 Å². The van der Waals surface area contributed by atoms with E-state index in [9.17, 15) is 4.79 Å². The third-order valence-electron chi connectivity index (χ3n) is 2.65. The molecule has 92 valence electrons. The lowest BCUT2D eigenvalue weighted by Gasteiger charge is -2.14. The summed E-state index contributed by atoms with van der Waals surface area (Å²) < 4.78 is 5.48. The summed E-state index contributed by atoms with van der Waals surface area (Å²) in [5.74, 6) is 0.433. The minimum atomic E-state index is -0.554. The maximum absolute atomic E-state index is 11.7. The highest BCUT2D eigenvalue weighted by atomic mass is 35.5. The highest BCUT2D eigenvalue weighted by molar-refractivity contribution is 6.30. The van der Waals surface area contributed by atoms with E-state index in [4.69, 9.17) is 22.1 Å². The van der Waals surface area contributed by atoms with Crippen LogP contribution in [-0.4, -0.2) is 24.1 Å². The molecule has 1 saturated carbocycles. The van der Waals surface area contributed by atoms with Crippen molar-refractivity contribution in [3.8, 4) is 5.75 Å². The molecule has 1 aromatic rings. The molecule has 1 aliphatic carbocycles. The summed E-state index contributed by atoms with van der Waals surface area (Å²) in [5, 5.41) is 3.40. The van der Waals surface area contributed by atoms with Crippen molar-refractivity contribution in [1.29, 1.82) is 0 Å². The molecule has 3 unspecified atom stereocenters. The number of benzene rings is 1. The number of halogens is 1. The first-order chi connectivity index (χ1) is 8.06. The Morgan fingerprint density at radius 1 is 1.65 bits per heavy atom. The highest BCUT2D eigenvalue weighted by Gasteiger charge is 2.35. The maximum Gasteiger partial charge on any atom is 0.261 e. The molecule has 3 atom stereocenters. The molecule has 4 nitrogen and oxygen atoms in total. The maximum atomic E-state index is 11.7. The number of hydrogen-bond acceptors (Lipinski definition) is 3. The number of carbonyl (C=O) groups is 1. The van der Waals surface area contributed by atoms with Gasteiger partial charge in [0.05, 0.1) is 0 Å². The van der Waals surface area contributed by atoms with Crippen LogP contribution in [0, 0.1) is 0 Å². The van der Waals surface area contributed by atoms with Crippen molar-refractivity contribution in [1.82, 2.24) is 5.32 Å². The molecule has 0 radical (unpaired) electrons. The number of nitrogens with two attached hydrogens (primary N) is 1. The normalized spacial score (nSPS) is 23.9. The predicted molar refractivity (Wildman–Crippen MR) is 66.1 cm³/mol. The van der Waals surface area contributed by atoms with E-state index in [0.717, 1.165) is 6.42 Å². The molecule has 0 aliphatic heterocycles. The zero-order valence-electron chi connectivity index (χ0n) is 9.52. The van der Waals surface area contributed by atoms with Crippen molar-refractivity contribution >= 4 is 17.5 Å². The van der Waals surface area contributed by atoms with Gasteiger partial charge in [0, 0.05) is 17.1 Å². The second-order valence-electron chi connectivity index (χ2n) is 4.23. The van der Waals surface area contributed by atoms with E-state index in [-0.39, 0.29) is 18.0 Å². The Morgan fingerprint density at radius 2 is 2.35 bits per heavy atom. The van der Waals surface area contributed by atoms with E-state index in [1.807, 2.05) is 0 Å². The van der Waals surface area contributed by atoms with Crippen molar-refractivity contribution in [2.24, 2.45) is 5.73 Å². The van der Waals surface area contributed by atoms with Crippen LogP contribution in [0.1, 0.15) is 13.3 Å². The Morgan fingerprint density at radius 3 is 2.94 bits per heavy atom. The van der Waals surface area contributed by atoms with Gasteiger partial charge in [-0.3, -0.25) is 4.79 Å². The highest BCUT2D eigenvalue weighted by Crippen LogP contribution is 2.20. The van der Waals surface area contributed by atoms with Gasteiger partial charge in [0.25, 0.3) is 5.91 Å². The van der Waals surface area contributed by atoms with Gasteiger partial charge in [0.2, 0.25) is 0 Å². The Hall–Kier alpha value is -1.26. The smallest absolute Gasteiger partial charge is 0.261 e. The quantitative estimate of drug-likeness (QED) is 0.852. The number of rotatable bonds is 4. The average molecular weight is 255 g/mol. The molecule has 3 N–H and O–H groups in total. The zero-order valence-corrected chi connectivity index (χ0v) is 10.3. The van der Waals surface area contributed by atoms with E-state index in [1.165, 1.54) is 0 Å². The van der Waals surface area contributed by atoms with Gasteiger partial charge in [-0.1, -0.05) is 17.7 Å².